The summed E-state index contributed by atoms with van der Waals surface area (Å²) in [4.78, 5) is 21.3. The van der Waals surface area contributed by atoms with E-state index in [1.54, 1.807) is 0 Å². The average Bonchev–Trinajstić information content (AvgIpc) is 3.64. The van der Waals surface area contributed by atoms with Crippen molar-refractivity contribution in [1.29, 1.82) is 5.26 Å². The second kappa shape index (κ2) is 27.0. The van der Waals surface area contributed by atoms with Gasteiger partial charge in [0, 0.05) is 0 Å². The third kappa shape index (κ3) is 41.9. The molecule has 4 rings (SSSR count). The third-order valence-corrected chi connectivity index (χ3v) is 4.55. The van der Waals surface area contributed by atoms with E-state index in [0.717, 1.165) is 33.6 Å². The average molecular weight is 761 g/mol. The van der Waals surface area contributed by atoms with Crippen LogP contribution in [0.4, 0.5) is 36.6 Å². The van der Waals surface area contributed by atoms with E-state index in [1.165, 1.54) is 11.1 Å². The van der Waals surface area contributed by atoms with Gasteiger partial charge in [-0.05, 0) is 38.8 Å². The van der Waals surface area contributed by atoms with Gasteiger partial charge in [0.25, 0.3) is 0 Å². The smallest absolute Gasteiger partial charge is 0.577 e. The Morgan fingerprint density at radius 2 is 0.957 bits per heavy atom. The fraction of sp³-hybridized carbons (Fsp3) is 0.194. The molecule has 47 heavy (non-hydrogen) atoms. The Morgan fingerprint density at radius 3 is 1.13 bits per heavy atom. The maximum absolute atomic E-state index is 10.7. The number of para-hydroxylation sites is 1. The SMILES string of the molecule is Cc1ccc[cH-]1.Cc1ccc[cH-]1.F[P-](F)(F)(F)(F)F.[C-]#N.[C-]#[N+]c1c(C)cccc1C.[C-]#[N+]c1cc(C)cc(C)c1.[Mn+2].[Mn+3].[N-]=O.[N-]=O. The fourth-order valence-corrected chi connectivity index (χ4v) is 2.94. The van der Waals surface area contributed by atoms with E-state index in [2.05, 4.69) is 53.9 Å². The second-order valence-corrected chi connectivity index (χ2v) is 10.6. The molecule has 0 aromatic heterocycles. The van der Waals surface area contributed by atoms with Crippen LogP contribution in [0.3, 0.4) is 0 Å². The summed E-state index contributed by atoms with van der Waals surface area (Å²) in [5.74, 6) is 0. The zero-order valence-electron chi connectivity index (χ0n) is 26.1. The van der Waals surface area contributed by atoms with Gasteiger partial charge in [0.15, 0.2) is 11.4 Å². The molecule has 0 heterocycles. The van der Waals surface area contributed by atoms with E-state index in [1.807, 2.05) is 82.3 Å². The minimum Gasteiger partial charge on any atom is -0.577 e. The molecule has 7 nitrogen and oxygen atoms in total. The maximum Gasteiger partial charge on any atom is 3.00 e. The Labute approximate surface area is 293 Å². The van der Waals surface area contributed by atoms with Gasteiger partial charge < -0.3 is 32.8 Å². The van der Waals surface area contributed by atoms with Gasteiger partial charge in [0.2, 0.25) is 0 Å². The number of aryl methyl sites for hydroxylation is 6. The molecule has 4 aromatic rings. The summed E-state index contributed by atoms with van der Waals surface area (Å²) in [5, 5.41) is 6.25. The summed E-state index contributed by atoms with van der Waals surface area (Å²) >= 11 is 0. The van der Waals surface area contributed by atoms with E-state index in [0.29, 0.717) is 0 Å². The zero-order chi connectivity index (χ0) is 36.3. The summed E-state index contributed by atoms with van der Waals surface area (Å²) < 4.78 is 59.2. The molecule has 255 valence electrons. The van der Waals surface area contributed by atoms with Gasteiger partial charge in [-0.2, -0.15) is 35.4 Å². The number of rotatable bonds is 0. The first-order chi connectivity index (χ1) is 20.7. The van der Waals surface area contributed by atoms with Crippen LogP contribution >= 0.6 is 7.81 Å². The number of halogens is 6. The minimum absolute atomic E-state index is 0. The summed E-state index contributed by atoms with van der Waals surface area (Å²) in [6.07, 6.45) is 0. The van der Waals surface area contributed by atoms with Gasteiger partial charge in [0.05, 0.1) is 13.1 Å². The van der Waals surface area contributed by atoms with Crippen molar-refractivity contribution in [2.45, 2.75) is 41.5 Å². The Morgan fingerprint density at radius 1 is 0.638 bits per heavy atom. The standard InChI is InChI=1S/2C9H9N.2C6H7.CN.F6P.2Mn.2NO/c1-7-4-8(2)6-9(5-7)10-3;1-7-5-4-6-8(2)9(7)10-3;2*1-6-4-2-3-5-6;1-2;1-7(2,3,4,5)6;;;2*1-2/h2*4-6H,1-2H3;2*2-5H,1H3;;;;;;/q;;4*-1;+2;+3;2*-1. The van der Waals surface area contributed by atoms with E-state index in [9.17, 15) is 25.2 Å². The summed E-state index contributed by atoms with van der Waals surface area (Å²) in [5.41, 5.74) is 20.2. The van der Waals surface area contributed by atoms with Crippen molar-refractivity contribution in [3.63, 3.8) is 0 Å². The maximum atomic E-state index is 9.87. The quantitative estimate of drug-likeness (QED) is 0.0769. The van der Waals surface area contributed by atoms with E-state index < -0.39 is 7.81 Å². The molecule has 0 atom stereocenters. The molecule has 0 amide bonds. The molecule has 16 heteroatoms. The zero-order valence-corrected chi connectivity index (χ0v) is 29.4. The van der Waals surface area contributed by atoms with E-state index in [-0.39, 0.29) is 34.1 Å². The number of nitroso groups, excluding NO2 is 2. The monoisotopic (exact) mass is 761 g/mol. The van der Waals surface area contributed by atoms with E-state index >= 15 is 0 Å². The summed E-state index contributed by atoms with van der Waals surface area (Å²) in [7, 11) is -10.7. The van der Waals surface area contributed by atoms with Crippen molar-refractivity contribution in [1.82, 2.24) is 0 Å². The van der Waals surface area contributed by atoms with Crippen molar-refractivity contribution < 1.29 is 59.3 Å². The molecule has 0 aliphatic carbocycles. The molecule has 0 aliphatic rings. The molecule has 0 fully saturated rings. The first kappa shape index (κ1) is 55.3. The number of hydrogen-bond donors (Lipinski definition) is 0. The van der Waals surface area contributed by atoms with Crippen LogP contribution in [0, 0.1) is 76.3 Å². The Balaban J connectivity index is -0.000000108. The van der Waals surface area contributed by atoms with Crippen molar-refractivity contribution in [2.24, 2.45) is 0 Å². The molecule has 0 N–H and O–H groups in total. The van der Waals surface area contributed by atoms with Crippen LogP contribution in [0.15, 0.2) is 84.9 Å². The third-order valence-electron chi connectivity index (χ3n) is 4.55. The summed E-state index contributed by atoms with van der Waals surface area (Å²) in [6.45, 7) is 30.4. The normalized spacial score (nSPS) is 9.70. The van der Waals surface area contributed by atoms with Crippen molar-refractivity contribution in [3.05, 3.63) is 169 Å². The van der Waals surface area contributed by atoms with Gasteiger partial charge in [-0.3, -0.25) is 0 Å². The van der Waals surface area contributed by atoms with Gasteiger partial charge in [-0.25, -0.2) is 34.0 Å². The van der Waals surface area contributed by atoms with Crippen LogP contribution in [-0.4, -0.2) is 0 Å². The van der Waals surface area contributed by atoms with Gasteiger partial charge in [-0.15, -0.1) is 0 Å². The summed E-state index contributed by atoms with van der Waals surface area (Å²) in [6, 6.07) is 28.2. The molecular formula is C31H32F6Mn2N5O2P-. The Kier molecular flexibility index (Phi) is 31.8. The Bertz CT molecular complexity index is 1390. The minimum atomic E-state index is -10.7. The molecule has 0 unspecified atom stereocenters. The first-order valence-electron chi connectivity index (χ1n) is 12.1. The van der Waals surface area contributed by atoms with Crippen LogP contribution in [0.25, 0.3) is 20.9 Å². The van der Waals surface area contributed by atoms with Crippen LogP contribution < -0.4 is 0 Å². The number of benzene rings is 2. The molecule has 1 radical (unpaired) electrons. The molecule has 4 aromatic carbocycles. The predicted molar refractivity (Wildman–Crippen MR) is 170 cm³/mol. The van der Waals surface area contributed by atoms with Gasteiger partial charge >= 0.3 is 67.1 Å². The molecule has 0 spiro atoms. The van der Waals surface area contributed by atoms with E-state index in [4.69, 9.17) is 46.0 Å². The second-order valence-electron chi connectivity index (χ2n) is 8.69. The topological polar surface area (TPSA) is 111 Å². The molecule has 0 saturated heterocycles. The number of nitrogens with zero attached hydrogens (tertiary/aromatic N) is 5. The van der Waals surface area contributed by atoms with Gasteiger partial charge in [-0.1, -0.05) is 61.4 Å². The van der Waals surface area contributed by atoms with Crippen LogP contribution in [0.1, 0.15) is 33.4 Å². The largest absolute Gasteiger partial charge is 3.00 e. The van der Waals surface area contributed by atoms with Crippen LogP contribution in [0.5, 0.6) is 0 Å². The molecule has 0 saturated carbocycles. The van der Waals surface area contributed by atoms with Crippen molar-refractivity contribution in [2.75, 3.05) is 0 Å². The first-order valence-corrected chi connectivity index (χ1v) is 14.2. The van der Waals surface area contributed by atoms with Crippen molar-refractivity contribution >= 4 is 19.2 Å². The Hall–Kier alpha value is -4.14. The van der Waals surface area contributed by atoms with Crippen molar-refractivity contribution in [3.8, 4) is 0 Å². The fourth-order valence-electron chi connectivity index (χ4n) is 2.94. The molecular weight excluding hydrogens is 729 g/mol. The van der Waals surface area contributed by atoms with Crippen LogP contribution in [-0.2, 0) is 34.1 Å². The van der Waals surface area contributed by atoms with Crippen LogP contribution in [0.2, 0.25) is 0 Å². The molecule has 0 aliphatic heterocycles. The predicted octanol–water partition coefficient (Wildman–Crippen LogP) is 13.3. The molecule has 0 bridgehead atoms. The van der Waals surface area contributed by atoms with Gasteiger partial charge in [0.1, 0.15) is 0 Å². The number of hydrogen-bond acceptors (Lipinski definition) is 3.